The third-order valence-electron chi connectivity index (χ3n) is 5.49. The fourth-order valence-corrected chi connectivity index (χ4v) is 4.41. The van der Waals surface area contributed by atoms with E-state index in [1.807, 2.05) is 0 Å². The zero-order chi connectivity index (χ0) is 11.1. The van der Waals surface area contributed by atoms with Crippen molar-refractivity contribution in [2.24, 2.45) is 23.2 Å². The predicted octanol–water partition coefficient (Wildman–Crippen LogP) is 3.61. The van der Waals surface area contributed by atoms with Crippen molar-refractivity contribution in [1.29, 1.82) is 0 Å². The third-order valence-corrected chi connectivity index (χ3v) is 5.49. The van der Waals surface area contributed by atoms with E-state index in [2.05, 4.69) is 20.8 Å². The normalized spacial score (nSPS) is 47.6. The van der Waals surface area contributed by atoms with Gasteiger partial charge in [-0.1, -0.05) is 33.6 Å². The number of hydrogen-bond donors (Lipinski definition) is 1. The lowest BCUT2D eigenvalue weighted by molar-refractivity contribution is -0.0272. The Bertz CT molecular complexity index is 225. The van der Waals surface area contributed by atoms with E-state index in [0.29, 0.717) is 11.3 Å². The minimum Gasteiger partial charge on any atom is -0.393 e. The van der Waals surface area contributed by atoms with Crippen LogP contribution in [0, 0.1) is 23.2 Å². The van der Waals surface area contributed by atoms with Gasteiger partial charge in [0.1, 0.15) is 0 Å². The highest BCUT2D eigenvalue weighted by Gasteiger charge is 2.51. The second-order valence-corrected chi connectivity index (χ2v) is 6.14. The van der Waals surface area contributed by atoms with Gasteiger partial charge < -0.3 is 5.11 Å². The Hall–Kier alpha value is -0.0400. The Morgan fingerprint density at radius 1 is 1.33 bits per heavy atom. The van der Waals surface area contributed by atoms with Crippen molar-refractivity contribution in [3.8, 4) is 0 Å². The molecule has 0 spiro atoms. The number of rotatable bonds is 2. The summed E-state index contributed by atoms with van der Waals surface area (Å²) < 4.78 is 0. The Labute approximate surface area is 94.3 Å². The first-order valence-electron chi connectivity index (χ1n) is 6.77. The Balaban J connectivity index is 2.17. The zero-order valence-corrected chi connectivity index (χ0v) is 10.5. The monoisotopic (exact) mass is 210 g/mol. The number of aliphatic hydroxyl groups excluding tert-OH is 1. The van der Waals surface area contributed by atoms with Crippen LogP contribution in [0.4, 0.5) is 0 Å². The Morgan fingerprint density at radius 2 is 2.07 bits per heavy atom. The van der Waals surface area contributed by atoms with Crippen LogP contribution in [-0.4, -0.2) is 11.2 Å². The summed E-state index contributed by atoms with van der Waals surface area (Å²) in [4.78, 5) is 0. The molecular formula is C14H26O. The summed E-state index contributed by atoms with van der Waals surface area (Å²) in [5.74, 6) is 2.30. The van der Waals surface area contributed by atoms with Crippen molar-refractivity contribution >= 4 is 0 Å². The van der Waals surface area contributed by atoms with Gasteiger partial charge in [0, 0.05) is 0 Å². The number of aliphatic hydroxyl groups is 1. The molecule has 0 heterocycles. The molecule has 2 saturated carbocycles. The van der Waals surface area contributed by atoms with Gasteiger partial charge in [-0.15, -0.1) is 0 Å². The summed E-state index contributed by atoms with van der Waals surface area (Å²) in [7, 11) is 0. The molecule has 0 bridgehead atoms. The fraction of sp³-hybridized carbons (Fsp3) is 1.00. The molecule has 88 valence electrons. The van der Waals surface area contributed by atoms with E-state index in [9.17, 15) is 5.11 Å². The highest BCUT2D eigenvalue weighted by molar-refractivity contribution is 5.01. The minimum absolute atomic E-state index is 0.00203. The van der Waals surface area contributed by atoms with E-state index in [-0.39, 0.29) is 6.10 Å². The average molecular weight is 210 g/mol. The lowest BCUT2D eigenvalue weighted by atomic mass is 9.61. The van der Waals surface area contributed by atoms with E-state index in [4.69, 9.17) is 0 Å². The van der Waals surface area contributed by atoms with Gasteiger partial charge in [-0.3, -0.25) is 0 Å². The van der Waals surface area contributed by atoms with E-state index >= 15 is 0 Å². The van der Waals surface area contributed by atoms with Crippen LogP contribution < -0.4 is 0 Å². The molecule has 0 aromatic carbocycles. The van der Waals surface area contributed by atoms with Crippen molar-refractivity contribution in [3.63, 3.8) is 0 Å². The van der Waals surface area contributed by atoms with Gasteiger partial charge in [0.05, 0.1) is 6.10 Å². The van der Waals surface area contributed by atoms with Crippen LogP contribution >= 0.6 is 0 Å². The molecule has 2 aliphatic carbocycles. The van der Waals surface area contributed by atoms with Crippen LogP contribution in [0.5, 0.6) is 0 Å². The molecule has 5 atom stereocenters. The molecule has 2 fully saturated rings. The molecule has 2 rings (SSSR count). The summed E-state index contributed by atoms with van der Waals surface area (Å²) in [6.45, 7) is 7.16. The van der Waals surface area contributed by atoms with E-state index in [1.54, 1.807) is 0 Å². The maximum absolute atomic E-state index is 10.1. The molecule has 0 radical (unpaired) electrons. The Kier molecular flexibility index (Phi) is 3.12. The number of hydrogen-bond acceptors (Lipinski definition) is 1. The smallest absolute Gasteiger partial charge is 0.0573 e. The van der Waals surface area contributed by atoms with Gasteiger partial charge in [0.25, 0.3) is 0 Å². The summed E-state index contributed by atoms with van der Waals surface area (Å²) >= 11 is 0. The summed E-state index contributed by atoms with van der Waals surface area (Å²) in [5.41, 5.74) is 0.451. The van der Waals surface area contributed by atoms with Gasteiger partial charge in [0.15, 0.2) is 0 Å². The van der Waals surface area contributed by atoms with Gasteiger partial charge in [-0.2, -0.15) is 0 Å². The largest absolute Gasteiger partial charge is 0.393 e. The molecule has 0 aromatic heterocycles. The van der Waals surface area contributed by atoms with Crippen LogP contribution in [0.1, 0.15) is 59.3 Å². The Morgan fingerprint density at radius 3 is 2.73 bits per heavy atom. The number of fused-ring (bicyclic) bond motifs is 1. The molecule has 0 amide bonds. The SMILES string of the molecule is CC[C@@H](C)[C@H]1CCC2[C@@H](O)CCC[C@@]21C. The molecule has 0 saturated heterocycles. The maximum Gasteiger partial charge on any atom is 0.0573 e. The van der Waals surface area contributed by atoms with Crippen LogP contribution in [0.15, 0.2) is 0 Å². The van der Waals surface area contributed by atoms with Crippen molar-refractivity contribution in [2.75, 3.05) is 0 Å². The quantitative estimate of drug-likeness (QED) is 0.738. The topological polar surface area (TPSA) is 20.2 Å². The molecular weight excluding hydrogens is 184 g/mol. The van der Waals surface area contributed by atoms with Crippen LogP contribution in [0.25, 0.3) is 0 Å². The van der Waals surface area contributed by atoms with Crippen molar-refractivity contribution in [3.05, 3.63) is 0 Å². The molecule has 1 unspecified atom stereocenters. The van der Waals surface area contributed by atoms with Crippen LogP contribution in [0.2, 0.25) is 0 Å². The third kappa shape index (κ3) is 1.73. The molecule has 1 heteroatoms. The van der Waals surface area contributed by atoms with Crippen LogP contribution in [-0.2, 0) is 0 Å². The minimum atomic E-state index is -0.00203. The fourth-order valence-electron chi connectivity index (χ4n) is 4.41. The first-order valence-corrected chi connectivity index (χ1v) is 6.77. The van der Waals surface area contributed by atoms with Crippen molar-refractivity contribution in [2.45, 2.75) is 65.4 Å². The zero-order valence-electron chi connectivity index (χ0n) is 10.5. The summed E-state index contributed by atoms with van der Waals surface area (Å²) in [6.07, 6.45) is 7.55. The first-order chi connectivity index (χ1) is 7.09. The molecule has 0 aliphatic heterocycles. The second-order valence-electron chi connectivity index (χ2n) is 6.14. The van der Waals surface area contributed by atoms with Crippen molar-refractivity contribution in [1.82, 2.24) is 0 Å². The molecule has 1 nitrogen and oxygen atoms in total. The second kappa shape index (κ2) is 4.08. The molecule has 0 aromatic rings. The van der Waals surface area contributed by atoms with Crippen molar-refractivity contribution < 1.29 is 5.11 Å². The standard InChI is InChI=1S/C14H26O/c1-4-10(2)11-7-8-12-13(15)6-5-9-14(11,12)3/h10-13,15H,4-9H2,1-3H3/t10-,11-,12?,13+,14-/m1/s1. The molecule has 1 N–H and O–H groups in total. The van der Waals surface area contributed by atoms with Gasteiger partial charge in [0.2, 0.25) is 0 Å². The van der Waals surface area contributed by atoms with E-state index < -0.39 is 0 Å². The molecule has 15 heavy (non-hydrogen) atoms. The highest BCUT2D eigenvalue weighted by Crippen LogP contribution is 2.57. The van der Waals surface area contributed by atoms with E-state index in [0.717, 1.165) is 18.3 Å². The maximum atomic E-state index is 10.1. The molecule has 2 aliphatic rings. The predicted molar refractivity (Wildman–Crippen MR) is 63.6 cm³/mol. The highest BCUT2D eigenvalue weighted by atomic mass is 16.3. The van der Waals surface area contributed by atoms with Gasteiger partial charge >= 0.3 is 0 Å². The van der Waals surface area contributed by atoms with Gasteiger partial charge in [-0.25, -0.2) is 0 Å². The van der Waals surface area contributed by atoms with E-state index in [1.165, 1.54) is 32.1 Å². The first kappa shape index (κ1) is 11.4. The lowest BCUT2D eigenvalue weighted by Crippen LogP contribution is -2.41. The van der Waals surface area contributed by atoms with Gasteiger partial charge in [-0.05, 0) is 48.9 Å². The summed E-state index contributed by atoms with van der Waals surface area (Å²) in [5, 5.41) is 10.1. The summed E-state index contributed by atoms with van der Waals surface area (Å²) in [6, 6.07) is 0. The van der Waals surface area contributed by atoms with Crippen LogP contribution in [0.3, 0.4) is 0 Å². The average Bonchev–Trinajstić information content (AvgIpc) is 2.56. The lowest BCUT2D eigenvalue weighted by Gasteiger charge is -2.45.